The lowest BCUT2D eigenvalue weighted by atomic mass is 10.1. The van der Waals surface area contributed by atoms with E-state index in [1.54, 1.807) is 23.1 Å². The zero-order chi connectivity index (χ0) is 18.8. The van der Waals surface area contributed by atoms with Crippen molar-refractivity contribution < 1.29 is 19.0 Å². The molecule has 2 aromatic rings. The highest BCUT2D eigenvalue weighted by atomic mass is 16.7. The highest BCUT2D eigenvalue weighted by molar-refractivity contribution is 5.89. The highest BCUT2D eigenvalue weighted by Crippen LogP contribution is 2.34. The first-order valence-electron chi connectivity index (χ1n) is 9.01. The minimum atomic E-state index is -0.163. The number of nitrogens with zero attached hydrogens (tertiary/aromatic N) is 3. The van der Waals surface area contributed by atoms with Crippen molar-refractivity contribution in [1.82, 2.24) is 14.9 Å². The summed E-state index contributed by atoms with van der Waals surface area (Å²) in [6.45, 7) is 5.20. The number of benzene rings is 1. The van der Waals surface area contributed by atoms with Crippen LogP contribution < -0.4 is 19.5 Å². The smallest absolute Gasteiger partial charge is 0.321 e. The molecule has 1 aromatic heterocycles. The minimum absolute atomic E-state index is 0.123. The van der Waals surface area contributed by atoms with Crippen LogP contribution in [-0.4, -0.2) is 46.9 Å². The minimum Gasteiger partial charge on any atom is -0.458 e. The molecular formula is C19H22N4O4. The van der Waals surface area contributed by atoms with E-state index in [1.165, 1.54) is 0 Å². The molecule has 1 saturated heterocycles. The van der Waals surface area contributed by atoms with Crippen LogP contribution in [0.3, 0.4) is 0 Å². The monoisotopic (exact) mass is 370 g/mol. The number of aryl methyl sites for hydroxylation is 2. The van der Waals surface area contributed by atoms with E-state index < -0.39 is 0 Å². The molecule has 1 atom stereocenters. The quantitative estimate of drug-likeness (QED) is 0.894. The molecule has 0 saturated carbocycles. The van der Waals surface area contributed by atoms with Crippen LogP contribution in [0.2, 0.25) is 0 Å². The fraction of sp³-hybridized carbons (Fsp3) is 0.421. The number of fused-ring (bicyclic) bond motifs is 1. The van der Waals surface area contributed by atoms with E-state index in [2.05, 4.69) is 15.3 Å². The standard InChI is InChI=1S/C19H22N4O4/c1-12-8-13(2)21-18(20-12)27-15-4-3-7-23(10-15)19(24)22-14-5-6-16-17(9-14)26-11-25-16/h5-6,8-9,15H,3-4,7,10-11H2,1-2H3,(H,22,24). The van der Waals surface area contributed by atoms with Gasteiger partial charge in [-0.2, -0.15) is 0 Å². The molecule has 8 nitrogen and oxygen atoms in total. The molecule has 4 rings (SSSR count). The van der Waals surface area contributed by atoms with Gasteiger partial charge in [0.1, 0.15) is 6.10 Å². The molecule has 1 aromatic carbocycles. The Labute approximate surface area is 157 Å². The van der Waals surface area contributed by atoms with E-state index in [0.29, 0.717) is 36.3 Å². The van der Waals surface area contributed by atoms with Gasteiger partial charge in [-0.15, -0.1) is 0 Å². The maximum Gasteiger partial charge on any atom is 0.321 e. The normalized spacial score (nSPS) is 18.3. The number of piperidine rings is 1. The number of aromatic nitrogens is 2. The lowest BCUT2D eigenvalue weighted by Gasteiger charge is -2.32. The van der Waals surface area contributed by atoms with E-state index in [0.717, 1.165) is 24.2 Å². The van der Waals surface area contributed by atoms with Gasteiger partial charge in [-0.05, 0) is 44.9 Å². The van der Waals surface area contributed by atoms with Gasteiger partial charge in [-0.3, -0.25) is 0 Å². The fourth-order valence-electron chi connectivity index (χ4n) is 3.29. The van der Waals surface area contributed by atoms with Crippen molar-refractivity contribution in [2.45, 2.75) is 32.8 Å². The summed E-state index contributed by atoms with van der Waals surface area (Å²) in [4.78, 5) is 23.0. The van der Waals surface area contributed by atoms with Crippen molar-refractivity contribution in [3.8, 4) is 17.5 Å². The van der Waals surface area contributed by atoms with E-state index >= 15 is 0 Å². The molecule has 1 N–H and O–H groups in total. The van der Waals surface area contributed by atoms with Crippen LogP contribution >= 0.6 is 0 Å². The number of likely N-dealkylation sites (tertiary alicyclic amines) is 1. The number of hydrogen-bond donors (Lipinski definition) is 1. The molecule has 3 heterocycles. The van der Waals surface area contributed by atoms with Gasteiger partial charge in [-0.25, -0.2) is 14.8 Å². The second-order valence-electron chi connectivity index (χ2n) is 6.76. The number of amides is 2. The van der Waals surface area contributed by atoms with E-state index in [9.17, 15) is 4.79 Å². The van der Waals surface area contributed by atoms with Crippen LogP contribution in [0.15, 0.2) is 24.3 Å². The molecule has 8 heteroatoms. The highest BCUT2D eigenvalue weighted by Gasteiger charge is 2.26. The third-order valence-corrected chi connectivity index (χ3v) is 4.52. The zero-order valence-electron chi connectivity index (χ0n) is 15.4. The Morgan fingerprint density at radius 3 is 2.78 bits per heavy atom. The molecule has 0 aliphatic carbocycles. The summed E-state index contributed by atoms with van der Waals surface area (Å²) < 4.78 is 16.6. The second kappa shape index (κ2) is 7.30. The summed E-state index contributed by atoms with van der Waals surface area (Å²) in [6, 6.07) is 7.46. The molecule has 0 radical (unpaired) electrons. The largest absolute Gasteiger partial charge is 0.458 e. The Morgan fingerprint density at radius 2 is 1.96 bits per heavy atom. The fourth-order valence-corrected chi connectivity index (χ4v) is 3.29. The molecule has 1 unspecified atom stereocenters. The average Bonchev–Trinajstić information content (AvgIpc) is 3.09. The summed E-state index contributed by atoms with van der Waals surface area (Å²) >= 11 is 0. The number of carbonyl (C=O) groups excluding carboxylic acids is 1. The van der Waals surface area contributed by atoms with Gasteiger partial charge < -0.3 is 24.4 Å². The number of hydrogen-bond acceptors (Lipinski definition) is 6. The Morgan fingerprint density at radius 1 is 1.19 bits per heavy atom. The van der Waals surface area contributed by atoms with Gasteiger partial charge in [-0.1, -0.05) is 0 Å². The maximum absolute atomic E-state index is 12.6. The molecule has 0 spiro atoms. The summed E-state index contributed by atoms with van der Waals surface area (Å²) in [5, 5.41) is 2.91. The van der Waals surface area contributed by atoms with Gasteiger partial charge in [0.2, 0.25) is 6.79 Å². The summed E-state index contributed by atoms with van der Waals surface area (Å²) in [6.07, 6.45) is 1.61. The number of nitrogens with one attached hydrogen (secondary N) is 1. The van der Waals surface area contributed by atoms with Gasteiger partial charge >= 0.3 is 12.0 Å². The Balaban J connectivity index is 1.38. The first-order chi connectivity index (χ1) is 13.1. The molecule has 2 amide bonds. The van der Waals surface area contributed by atoms with Crippen LogP contribution in [0.5, 0.6) is 17.5 Å². The molecule has 1 fully saturated rings. The van der Waals surface area contributed by atoms with Crippen molar-refractivity contribution in [2.75, 3.05) is 25.2 Å². The van der Waals surface area contributed by atoms with Gasteiger partial charge in [0, 0.05) is 29.7 Å². The van der Waals surface area contributed by atoms with Crippen LogP contribution in [-0.2, 0) is 0 Å². The third kappa shape index (κ3) is 4.05. The average molecular weight is 370 g/mol. The van der Waals surface area contributed by atoms with Crippen molar-refractivity contribution in [3.63, 3.8) is 0 Å². The Hall–Kier alpha value is -3.03. The Kier molecular flexibility index (Phi) is 4.70. The van der Waals surface area contributed by atoms with Gasteiger partial charge in [0.15, 0.2) is 11.5 Å². The van der Waals surface area contributed by atoms with Crippen LogP contribution in [0.25, 0.3) is 0 Å². The number of urea groups is 1. The van der Waals surface area contributed by atoms with E-state index in [4.69, 9.17) is 14.2 Å². The van der Waals surface area contributed by atoms with Crippen LogP contribution in [0.1, 0.15) is 24.2 Å². The Bertz CT molecular complexity index is 837. The van der Waals surface area contributed by atoms with Gasteiger partial charge in [0.05, 0.1) is 6.54 Å². The van der Waals surface area contributed by atoms with Crippen molar-refractivity contribution in [3.05, 3.63) is 35.7 Å². The molecule has 142 valence electrons. The maximum atomic E-state index is 12.6. The summed E-state index contributed by atoms with van der Waals surface area (Å²) in [5.74, 6) is 1.33. The predicted molar refractivity (Wildman–Crippen MR) is 98.3 cm³/mol. The van der Waals surface area contributed by atoms with Crippen molar-refractivity contribution >= 4 is 11.7 Å². The van der Waals surface area contributed by atoms with E-state index in [-0.39, 0.29) is 18.9 Å². The molecule has 0 bridgehead atoms. The van der Waals surface area contributed by atoms with E-state index in [1.807, 2.05) is 19.9 Å². The summed E-state index contributed by atoms with van der Waals surface area (Å²) in [5.41, 5.74) is 2.40. The number of carbonyl (C=O) groups is 1. The third-order valence-electron chi connectivity index (χ3n) is 4.52. The SMILES string of the molecule is Cc1cc(C)nc(OC2CCCN(C(=O)Nc3ccc4c(c3)OCO4)C2)n1. The number of anilines is 1. The predicted octanol–water partition coefficient (Wildman–Crippen LogP) is 2.90. The van der Waals surface area contributed by atoms with Crippen molar-refractivity contribution in [2.24, 2.45) is 0 Å². The second-order valence-corrected chi connectivity index (χ2v) is 6.76. The lowest BCUT2D eigenvalue weighted by molar-refractivity contribution is 0.0980. The lowest BCUT2D eigenvalue weighted by Crippen LogP contribution is -2.46. The molecular weight excluding hydrogens is 348 g/mol. The first-order valence-corrected chi connectivity index (χ1v) is 9.01. The summed E-state index contributed by atoms with van der Waals surface area (Å²) in [7, 11) is 0. The first kappa shape index (κ1) is 17.4. The van der Waals surface area contributed by atoms with Gasteiger partial charge in [0.25, 0.3) is 0 Å². The van der Waals surface area contributed by atoms with Crippen molar-refractivity contribution in [1.29, 1.82) is 0 Å². The molecule has 2 aliphatic rings. The number of rotatable bonds is 3. The molecule has 27 heavy (non-hydrogen) atoms. The van der Waals surface area contributed by atoms with Crippen LogP contribution in [0.4, 0.5) is 10.5 Å². The topological polar surface area (TPSA) is 85.8 Å². The molecule has 2 aliphatic heterocycles. The van der Waals surface area contributed by atoms with Crippen LogP contribution in [0, 0.1) is 13.8 Å². The zero-order valence-corrected chi connectivity index (χ0v) is 15.4. The number of ether oxygens (including phenoxy) is 3.